The Morgan fingerprint density at radius 2 is 1.64 bits per heavy atom. The predicted octanol–water partition coefficient (Wildman–Crippen LogP) is 1.74. The number of rotatable bonds is 0. The Balaban J connectivity index is 3.28. The zero-order chi connectivity index (χ0) is 12.1. The molecule has 0 aromatic heterocycles. The van der Waals surface area contributed by atoms with E-state index in [0.717, 1.165) is 0 Å². The van der Waals surface area contributed by atoms with E-state index < -0.39 is 6.88 Å². The van der Waals surface area contributed by atoms with Gasteiger partial charge in [-0.25, -0.2) is 0 Å². The first-order valence-electron chi connectivity index (χ1n) is 4.94. The second kappa shape index (κ2) is 4.15. The van der Waals surface area contributed by atoms with E-state index in [4.69, 9.17) is 13.3 Å². The summed E-state index contributed by atoms with van der Waals surface area (Å²) in [6.07, 6.45) is 6.26. The molecule has 0 aliphatic heterocycles. The Labute approximate surface area is 85.0 Å². The summed E-state index contributed by atoms with van der Waals surface area (Å²) in [6.45, 7) is 0.458. The van der Waals surface area contributed by atoms with Crippen LogP contribution in [0.4, 0.5) is 0 Å². The van der Waals surface area contributed by atoms with Gasteiger partial charge in [-0.2, -0.15) is 20.5 Å². The zero-order valence-electron chi connectivity index (χ0n) is 9.52. The van der Waals surface area contributed by atoms with Gasteiger partial charge in [0.1, 0.15) is 0 Å². The Kier molecular flexibility index (Phi) is 2.14. The fourth-order valence-corrected chi connectivity index (χ4v) is 1.02. The molecule has 0 N–H and O–H groups in total. The molecule has 0 saturated heterocycles. The van der Waals surface area contributed by atoms with Gasteiger partial charge < -0.3 is 0 Å². The molecule has 4 nitrogen and oxygen atoms in total. The van der Waals surface area contributed by atoms with Crippen molar-refractivity contribution in [1.29, 1.82) is 10.5 Å². The van der Waals surface area contributed by atoms with Crippen molar-refractivity contribution >= 4 is 11.4 Å². The molecule has 0 unspecified atom stereocenters. The highest BCUT2D eigenvalue weighted by Crippen LogP contribution is 2.13. The van der Waals surface area contributed by atoms with Crippen LogP contribution in [0.1, 0.15) is 16.5 Å². The van der Waals surface area contributed by atoms with E-state index in [9.17, 15) is 0 Å². The van der Waals surface area contributed by atoms with E-state index in [-0.39, 0.29) is 11.3 Å². The van der Waals surface area contributed by atoms with Gasteiger partial charge >= 0.3 is 0 Å². The minimum atomic E-state index is -1.26. The van der Waals surface area contributed by atoms with Crippen LogP contribution in [0, 0.1) is 22.9 Å². The van der Waals surface area contributed by atoms with Gasteiger partial charge in [0.15, 0.2) is 0 Å². The first-order chi connectivity index (χ1) is 7.60. The molecule has 0 spiro atoms. The third-order valence-corrected chi connectivity index (χ3v) is 1.69. The van der Waals surface area contributed by atoms with E-state index in [0.29, 0.717) is 11.3 Å². The third kappa shape index (κ3) is 1.94. The van der Waals surface area contributed by atoms with Crippen LogP contribution in [-0.2, 0) is 0 Å². The monoisotopic (exact) mass is 186 g/mol. The SMILES string of the molecule is [2H]C([2H])C1=CC(=NC#N)C(C)=CC1=NC#N. The van der Waals surface area contributed by atoms with E-state index in [1.54, 1.807) is 25.4 Å². The molecular weight excluding hydrogens is 176 g/mol. The first kappa shape index (κ1) is 7.23. The van der Waals surface area contributed by atoms with Gasteiger partial charge in [-0.05, 0) is 37.1 Å². The second-order valence-electron chi connectivity index (χ2n) is 2.62. The highest BCUT2D eigenvalue weighted by molar-refractivity contribution is 6.23. The Morgan fingerprint density at radius 1 is 1.14 bits per heavy atom. The van der Waals surface area contributed by atoms with Crippen LogP contribution < -0.4 is 0 Å². The molecule has 0 aromatic carbocycles. The Bertz CT molecular complexity index is 498. The molecule has 0 radical (unpaired) electrons. The largest absolute Gasteiger partial charge is 0.206 e. The van der Waals surface area contributed by atoms with Crippen LogP contribution in [0.25, 0.3) is 0 Å². The third-order valence-electron chi connectivity index (χ3n) is 1.69. The summed E-state index contributed by atoms with van der Waals surface area (Å²) in [6, 6.07) is 0. The van der Waals surface area contributed by atoms with Crippen LogP contribution >= 0.6 is 0 Å². The summed E-state index contributed by atoms with van der Waals surface area (Å²) < 4.78 is 14.6. The summed E-state index contributed by atoms with van der Waals surface area (Å²) in [4.78, 5) is 7.10. The summed E-state index contributed by atoms with van der Waals surface area (Å²) in [5.74, 6) is 0. The number of hydrogen-bond acceptors (Lipinski definition) is 4. The first-order valence-corrected chi connectivity index (χ1v) is 3.79. The van der Waals surface area contributed by atoms with Crippen molar-refractivity contribution in [2.45, 2.75) is 13.8 Å². The van der Waals surface area contributed by atoms with Crippen molar-refractivity contribution in [3.63, 3.8) is 0 Å². The summed E-state index contributed by atoms with van der Waals surface area (Å²) >= 11 is 0. The minimum Gasteiger partial charge on any atom is -0.173 e. The van der Waals surface area contributed by atoms with E-state index in [1.165, 1.54) is 6.08 Å². The molecule has 0 fully saturated rings. The zero-order valence-corrected chi connectivity index (χ0v) is 7.52. The van der Waals surface area contributed by atoms with Crippen LogP contribution in [0.2, 0.25) is 0 Å². The summed E-state index contributed by atoms with van der Waals surface area (Å²) in [5.41, 5.74) is 1.63. The Morgan fingerprint density at radius 3 is 2.14 bits per heavy atom. The molecule has 0 saturated carbocycles. The van der Waals surface area contributed by atoms with Gasteiger partial charge in [-0.1, -0.05) is 0 Å². The van der Waals surface area contributed by atoms with E-state index in [2.05, 4.69) is 9.98 Å². The van der Waals surface area contributed by atoms with Crippen molar-refractivity contribution in [3.8, 4) is 12.4 Å². The second-order valence-corrected chi connectivity index (χ2v) is 2.62. The molecule has 0 atom stereocenters. The average molecular weight is 186 g/mol. The van der Waals surface area contributed by atoms with Crippen LogP contribution in [0.5, 0.6) is 0 Å². The lowest BCUT2D eigenvalue weighted by Crippen LogP contribution is -2.10. The molecule has 0 heterocycles. The van der Waals surface area contributed by atoms with Gasteiger partial charge in [0, 0.05) is 2.74 Å². The minimum absolute atomic E-state index is 0.265. The molecule has 0 aromatic rings. The standard InChI is InChI=1S/C10H8N4/c1-7-3-10(14-6-12)8(2)4-9(7)13-5-11/h3-4H,1-2H3/i1D2. The number of nitrogens with zero attached hydrogens (tertiary/aromatic N) is 4. The molecule has 1 aliphatic rings. The highest BCUT2D eigenvalue weighted by Gasteiger charge is 2.10. The topological polar surface area (TPSA) is 72.3 Å². The van der Waals surface area contributed by atoms with Gasteiger partial charge in [0.25, 0.3) is 0 Å². The van der Waals surface area contributed by atoms with Crippen molar-refractivity contribution in [2.24, 2.45) is 9.98 Å². The van der Waals surface area contributed by atoms with Gasteiger partial charge in [0.2, 0.25) is 12.4 Å². The lowest BCUT2D eigenvalue weighted by atomic mass is 9.98. The molecule has 4 heteroatoms. The Hall–Kier alpha value is -2.20. The van der Waals surface area contributed by atoms with Crippen molar-refractivity contribution < 1.29 is 2.74 Å². The number of hydrogen-bond donors (Lipinski definition) is 0. The van der Waals surface area contributed by atoms with E-state index in [1.807, 2.05) is 0 Å². The van der Waals surface area contributed by atoms with Crippen molar-refractivity contribution in [3.05, 3.63) is 23.3 Å². The fourth-order valence-electron chi connectivity index (χ4n) is 1.02. The number of nitriles is 2. The molecular formula is C10H8N4. The lowest BCUT2D eigenvalue weighted by molar-refractivity contribution is 1.39. The number of allylic oxidation sites excluding steroid dienone is 4. The molecule has 14 heavy (non-hydrogen) atoms. The molecule has 1 rings (SSSR count). The van der Waals surface area contributed by atoms with Crippen molar-refractivity contribution in [1.82, 2.24) is 0 Å². The van der Waals surface area contributed by atoms with Crippen molar-refractivity contribution in [2.75, 3.05) is 0 Å². The maximum atomic E-state index is 8.47. The van der Waals surface area contributed by atoms with Crippen LogP contribution in [-0.4, -0.2) is 11.4 Å². The van der Waals surface area contributed by atoms with Crippen LogP contribution in [0.15, 0.2) is 33.3 Å². The van der Waals surface area contributed by atoms with Gasteiger partial charge in [-0.15, -0.1) is 0 Å². The maximum absolute atomic E-state index is 8.47. The summed E-state index contributed by atoms with van der Waals surface area (Å²) in [7, 11) is 0. The smallest absolute Gasteiger partial charge is 0.173 e. The predicted molar refractivity (Wildman–Crippen MR) is 53.6 cm³/mol. The van der Waals surface area contributed by atoms with Gasteiger partial charge in [-0.3, -0.25) is 0 Å². The average Bonchev–Trinajstić information content (AvgIpc) is 2.22. The molecule has 1 aliphatic carbocycles. The molecule has 0 amide bonds. The van der Waals surface area contributed by atoms with Gasteiger partial charge in [0.05, 0.1) is 11.4 Å². The van der Waals surface area contributed by atoms with Crippen LogP contribution in [0.3, 0.4) is 0 Å². The summed E-state index contributed by atoms with van der Waals surface area (Å²) in [5, 5.41) is 16.9. The number of aliphatic imine (C=N–C) groups is 2. The fraction of sp³-hybridized carbons (Fsp3) is 0.200. The lowest BCUT2D eigenvalue weighted by Gasteiger charge is -2.09. The van der Waals surface area contributed by atoms with E-state index >= 15 is 0 Å². The quantitative estimate of drug-likeness (QED) is 0.427. The maximum Gasteiger partial charge on any atom is 0.206 e. The molecule has 68 valence electrons. The normalized spacial score (nSPS) is 23.4. The molecule has 0 bridgehead atoms. The highest BCUT2D eigenvalue weighted by atomic mass is 14.8.